The van der Waals surface area contributed by atoms with Crippen molar-refractivity contribution >= 4 is 27.7 Å². The second-order valence-electron chi connectivity index (χ2n) is 2.82. The van der Waals surface area contributed by atoms with Gasteiger partial charge in [0, 0.05) is 10.0 Å². The molecule has 0 aliphatic carbocycles. The molecule has 6 heteroatoms. The van der Waals surface area contributed by atoms with Crippen LogP contribution in [-0.2, 0) is 0 Å². The van der Waals surface area contributed by atoms with Gasteiger partial charge in [0.05, 0.1) is 6.20 Å². The fourth-order valence-electron chi connectivity index (χ4n) is 1.08. The van der Waals surface area contributed by atoms with Crippen molar-refractivity contribution in [1.82, 2.24) is 15.4 Å². The van der Waals surface area contributed by atoms with Gasteiger partial charge >= 0.3 is 0 Å². The Kier molecular flexibility index (Phi) is 2.77. The summed E-state index contributed by atoms with van der Waals surface area (Å²) < 4.78 is 0.857. The maximum atomic E-state index is 11.7. The van der Waals surface area contributed by atoms with Crippen LogP contribution in [0.2, 0.25) is 0 Å². The molecule has 1 aromatic heterocycles. The molecule has 0 atom stereocenters. The van der Waals surface area contributed by atoms with Gasteiger partial charge in [0.1, 0.15) is 0 Å². The molecule has 2 N–H and O–H groups in total. The van der Waals surface area contributed by atoms with Crippen LogP contribution in [0.5, 0.6) is 0 Å². The Hall–Kier alpha value is -1.69. The Morgan fingerprint density at radius 2 is 2.33 bits per heavy atom. The van der Waals surface area contributed by atoms with Crippen molar-refractivity contribution in [3.05, 3.63) is 40.5 Å². The highest BCUT2D eigenvalue weighted by Crippen LogP contribution is 2.12. The van der Waals surface area contributed by atoms with Crippen molar-refractivity contribution in [3.63, 3.8) is 0 Å². The highest BCUT2D eigenvalue weighted by molar-refractivity contribution is 9.10. The molecule has 15 heavy (non-hydrogen) atoms. The maximum absolute atomic E-state index is 11.7. The summed E-state index contributed by atoms with van der Waals surface area (Å²) >= 11 is 3.29. The number of carbonyl (C=O) groups is 1. The number of halogens is 1. The van der Waals surface area contributed by atoms with E-state index in [0.29, 0.717) is 11.4 Å². The average Bonchev–Trinajstić information content (AvgIpc) is 2.70. The lowest BCUT2D eigenvalue weighted by atomic mass is 10.2. The summed E-state index contributed by atoms with van der Waals surface area (Å²) in [6, 6.07) is 7.10. The van der Waals surface area contributed by atoms with Crippen molar-refractivity contribution < 1.29 is 4.79 Å². The van der Waals surface area contributed by atoms with Crippen LogP contribution in [0.4, 0.5) is 5.82 Å². The molecule has 0 aliphatic heterocycles. The zero-order valence-electron chi connectivity index (χ0n) is 7.57. The van der Waals surface area contributed by atoms with Gasteiger partial charge in [0.2, 0.25) is 0 Å². The third kappa shape index (κ3) is 2.41. The van der Waals surface area contributed by atoms with E-state index < -0.39 is 0 Å². The van der Waals surface area contributed by atoms with Crippen LogP contribution in [0.1, 0.15) is 10.4 Å². The molecule has 0 aliphatic rings. The molecule has 1 aromatic carbocycles. The lowest BCUT2D eigenvalue weighted by molar-refractivity contribution is 0.102. The minimum Gasteiger partial charge on any atom is -0.304 e. The van der Waals surface area contributed by atoms with Crippen molar-refractivity contribution in [3.8, 4) is 0 Å². The second kappa shape index (κ2) is 4.22. The number of amides is 1. The molecular formula is C9H7BrN4O. The Balaban J connectivity index is 2.15. The Morgan fingerprint density at radius 3 is 3.00 bits per heavy atom. The van der Waals surface area contributed by atoms with Crippen LogP contribution in [0.3, 0.4) is 0 Å². The van der Waals surface area contributed by atoms with Gasteiger partial charge in [-0.05, 0) is 18.2 Å². The second-order valence-corrected chi connectivity index (χ2v) is 3.74. The molecule has 0 saturated heterocycles. The van der Waals surface area contributed by atoms with Crippen LogP contribution in [0.15, 0.2) is 34.9 Å². The predicted octanol–water partition coefficient (Wildman–Crippen LogP) is 1.82. The minimum absolute atomic E-state index is 0.217. The number of hydrogen-bond acceptors (Lipinski definition) is 3. The van der Waals surface area contributed by atoms with E-state index in [0.717, 1.165) is 4.47 Å². The lowest BCUT2D eigenvalue weighted by Gasteiger charge is -2.01. The third-order valence-electron chi connectivity index (χ3n) is 1.74. The molecule has 1 heterocycles. The first-order chi connectivity index (χ1) is 7.25. The maximum Gasteiger partial charge on any atom is 0.256 e. The molecule has 0 radical (unpaired) electrons. The van der Waals surface area contributed by atoms with Crippen molar-refractivity contribution in [2.24, 2.45) is 0 Å². The van der Waals surface area contributed by atoms with Gasteiger partial charge in [-0.15, -0.1) is 5.10 Å². The normalized spacial score (nSPS) is 9.93. The van der Waals surface area contributed by atoms with E-state index in [1.807, 2.05) is 6.07 Å². The number of benzene rings is 1. The number of rotatable bonds is 2. The van der Waals surface area contributed by atoms with E-state index in [1.54, 1.807) is 18.2 Å². The van der Waals surface area contributed by atoms with E-state index in [1.165, 1.54) is 6.20 Å². The smallest absolute Gasteiger partial charge is 0.256 e. The van der Waals surface area contributed by atoms with Crippen molar-refractivity contribution in [2.45, 2.75) is 0 Å². The predicted molar refractivity (Wildman–Crippen MR) is 58.5 cm³/mol. The molecule has 5 nitrogen and oxygen atoms in total. The minimum atomic E-state index is -0.217. The number of nitrogens with one attached hydrogen (secondary N) is 2. The van der Waals surface area contributed by atoms with Gasteiger partial charge in [0.15, 0.2) is 5.82 Å². The quantitative estimate of drug-likeness (QED) is 0.871. The van der Waals surface area contributed by atoms with Crippen LogP contribution in [0.25, 0.3) is 0 Å². The Labute approximate surface area is 94.0 Å². The zero-order chi connectivity index (χ0) is 10.7. The lowest BCUT2D eigenvalue weighted by Crippen LogP contribution is -2.11. The first-order valence-electron chi connectivity index (χ1n) is 4.18. The van der Waals surface area contributed by atoms with E-state index in [-0.39, 0.29) is 5.91 Å². The topological polar surface area (TPSA) is 70.7 Å². The molecule has 0 unspecified atom stereocenters. The van der Waals surface area contributed by atoms with Gasteiger partial charge in [-0.25, -0.2) is 0 Å². The highest BCUT2D eigenvalue weighted by atomic mass is 79.9. The summed E-state index contributed by atoms with van der Waals surface area (Å²) in [7, 11) is 0. The van der Waals surface area contributed by atoms with Gasteiger partial charge < -0.3 is 5.32 Å². The van der Waals surface area contributed by atoms with E-state index in [9.17, 15) is 4.79 Å². The largest absolute Gasteiger partial charge is 0.304 e. The fourth-order valence-corrected chi connectivity index (χ4v) is 1.48. The number of aromatic nitrogens is 3. The van der Waals surface area contributed by atoms with Crippen molar-refractivity contribution in [1.29, 1.82) is 0 Å². The van der Waals surface area contributed by atoms with E-state index >= 15 is 0 Å². The Bertz CT molecular complexity index is 469. The van der Waals surface area contributed by atoms with Gasteiger partial charge in [-0.2, -0.15) is 10.3 Å². The number of carbonyl (C=O) groups excluding carboxylic acids is 1. The summed E-state index contributed by atoms with van der Waals surface area (Å²) in [4.78, 5) is 11.7. The monoisotopic (exact) mass is 266 g/mol. The Morgan fingerprint density at radius 1 is 1.47 bits per heavy atom. The molecule has 0 spiro atoms. The summed E-state index contributed by atoms with van der Waals surface area (Å²) in [6.07, 6.45) is 1.44. The molecule has 0 bridgehead atoms. The van der Waals surface area contributed by atoms with Crippen LogP contribution < -0.4 is 5.32 Å². The third-order valence-corrected chi connectivity index (χ3v) is 2.24. The van der Waals surface area contributed by atoms with Crippen LogP contribution in [0, 0.1) is 0 Å². The fraction of sp³-hybridized carbons (Fsp3) is 0. The van der Waals surface area contributed by atoms with Gasteiger partial charge in [0.25, 0.3) is 5.91 Å². The first kappa shape index (κ1) is 9.85. The first-order valence-corrected chi connectivity index (χ1v) is 4.98. The van der Waals surface area contributed by atoms with E-state index in [4.69, 9.17) is 0 Å². The highest BCUT2D eigenvalue weighted by Gasteiger charge is 2.07. The SMILES string of the molecule is O=C(Nc1cn[nH]n1)c1cccc(Br)c1. The van der Waals surface area contributed by atoms with Crippen LogP contribution in [-0.4, -0.2) is 21.3 Å². The summed E-state index contributed by atoms with van der Waals surface area (Å²) in [5.74, 6) is 0.185. The average molecular weight is 267 g/mol. The molecule has 76 valence electrons. The standard InChI is InChI=1S/C9H7BrN4O/c10-7-3-1-2-6(4-7)9(15)12-8-5-11-14-13-8/h1-5H,(H2,11,12,13,14,15). The number of H-pyrrole nitrogens is 1. The van der Waals surface area contributed by atoms with Crippen LogP contribution >= 0.6 is 15.9 Å². The molecular weight excluding hydrogens is 260 g/mol. The van der Waals surface area contributed by atoms with Gasteiger partial charge in [-0.1, -0.05) is 22.0 Å². The molecule has 1 amide bonds. The summed E-state index contributed by atoms with van der Waals surface area (Å²) in [5.41, 5.74) is 0.562. The van der Waals surface area contributed by atoms with E-state index in [2.05, 4.69) is 36.7 Å². The number of hydrogen-bond donors (Lipinski definition) is 2. The zero-order valence-corrected chi connectivity index (χ0v) is 9.15. The number of anilines is 1. The number of aromatic amines is 1. The molecule has 0 saturated carbocycles. The molecule has 0 fully saturated rings. The summed E-state index contributed by atoms with van der Waals surface area (Å²) in [6.45, 7) is 0. The molecule has 2 aromatic rings. The van der Waals surface area contributed by atoms with Gasteiger partial charge in [-0.3, -0.25) is 4.79 Å². The molecule has 2 rings (SSSR count). The number of nitrogens with zero attached hydrogens (tertiary/aromatic N) is 2. The van der Waals surface area contributed by atoms with Crippen molar-refractivity contribution in [2.75, 3.05) is 5.32 Å². The summed E-state index contributed by atoms with van der Waals surface area (Å²) in [5, 5.41) is 12.3.